The summed E-state index contributed by atoms with van der Waals surface area (Å²) in [5, 5.41) is 0. The van der Waals surface area contributed by atoms with Crippen LogP contribution in [0.5, 0.6) is 11.5 Å². The Morgan fingerprint density at radius 2 is 0.882 bits per heavy atom. The molecule has 0 saturated carbocycles. The predicted octanol–water partition coefficient (Wildman–Crippen LogP) is 7.71. The van der Waals surface area contributed by atoms with Gasteiger partial charge in [0.15, 0.2) is 0 Å². The molecule has 0 saturated heterocycles. The summed E-state index contributed by atoms with van der Waals surface area (Å²) in [6, 6.07) is 31.5. The van der Waals surface area contributed by atoms with Crippen molar-refractivity contribution in [3.8, 4) is 11.5 Å². The lowest BCUT2D eigenvalue weighted by molar-refractivity contribution is -0.173. The van der Waals surface area contributed by atoms with Crippen molar-refractivity contribution in [2.24, 2.45) is 0 Å². The molecule has 0 spiro atoms. The molecular weight excluding hydrogens is 437 g/mol. The quantitative estimate of drug-likeness (QED) is 0.267. The molecule has 4 aromatic carbocycles. The van der Waals surface area contributed by atoms with Gasteiger partial charge in [-0.3, -0.25) is 0 Å². The van der Waals surface area contributed by atoms with Gasteiger partial charge in [-0.1, -0.05) is 84.9 Å². The van der Waals surface area contributed by atoms with Gasteiger partial charge in [-0.15, -0.1) is 0 Å². The summed E-state index contributed by atoms with van der Waals surface area (Å²) >= 11 is 0. The van der Waals surface area contributed by atoms with Crippen LogP contribution in [0.15, 0.2) is 109 Å². The van der Waals surface area contributed by atoms with E-state index in [-0.39, 0.29) is 11.1 Å². The average Bonchev–Trinajstić information content (AvgIpc) is 2.87. The van der Waals surface area contributed by atoms with Gasteiger partial charge in [0, 0.05) is 0 Å². The average molecular weight is 463 g/mol. The molecule has 4 aromatic rings. The molecule has 0 fully saturated rings. The molecule has 174 valence electrons. The predicted molar refractivity (Wildman–Crippen MR) is 127 cm³/mol. The fraction of sp³-hybridized carbons (Fsp3) is 0.172. The van der Waals surface area contributed by atoms with Gasteiger partial charge in [0.25, 0.3) is 0 Å². The minimum Gasteiger partial charge on any atom is -0.489 e. The topological polar surface area (TPSA) is 18.5 Å². The molecule has 0 atom stereocenters. The van der Waals surface area contributed by atoms with E-state index in [0.717, 1.165) is 11.1 Å². The summed E-state index contributed by atoms with van der Waals surface area (Å²) in [6.07, 6.45) is -4.49. The van der Waals surface area contributed by atoms with Crippen LogP contribution in [-0.4, -0.2) is 6.18 Å². The van der Waals surface area contributed by atoms with Gasteiger partial charge < -0.3 is 9.47 Å². The summed E-state index contributed by atoms with van der Waals surface area (Å²) in [7, 11) is 0. The van der Waals surface area contributed by atoms with Gasteiger partial charge in [-0.05, 0) is 53.4 Å². The molecule has 0 radical (unpaired) electrons. The van der Waals surface area contributed by atoms with Crippen LogP contribution >= 0.6 is 0 Å². The van der Waals surface area contributed by atoms with Crippen molar-refractivity contribution in [3.05, 3.63) is 131 Å². The van der Waals surface area contributed by atoms with Crippen LogP contribution in [0.2, 0.25) is 0 Å². The first kappa shape index (κ1) is 23.4. The molecule has 5 heteroatoms. The smallest absolute Gasteiger partial charge is 0.402 e. The molecule has 0 bridgehead atoms. The number of hydrogen-bond acceptors (Lipinski definition) is 2. The summed E-state index contributed by atoms with van der Waals surface area (Å²) in [6.45, 7) is 1.90. The van der Waals surface area contributed by atoms with Crippen LogP contribution in [0.3, 0.4) is 0 Å². The Kier molecular flexibility index (Phi) is 6.92. The Bertz CT molecular complexity index is 1080. The van der Waals surface area contributed by atoms with Crippen LogP contribution in [-0.2, 0) is 18.6 Å². The van der Waals surface area contributed by atoms with Crippen molar-refractivity contribution in [1.29, 1.82) is 0 Å². The van der Waals surface area contributed by atoms with Gasteiger partial charge in [0.1, 0.15) is 30.1 Å². The molecule has 0 aliphatic heterocycles. The first-order chi connectivity index (χ1) is 16.4. The normalized spacial score (nSPS) is 11.8. The first-order valence-electron chi connectivity index (χ1n) is 11.0. The zero-order valence-electron chi connectivity index (χ0n) is 18.8. The molecule has 0 unspecified atom stereocenters. The van der Waals surface area contributed by atoms with Gasteiger partial charge >= 0.3 is 6.18 Å². The Labute approximate surface area is 197 Å². The van der Waals surface area contributed by atoms with Crippen LogP contribution in [0.1, 0.15) is 29.2 Å². The third-order valence-corrected chi connectivity index (χ3v) is 5.93. The molecule has 0 N–H and O–H groups in total. The first-order valence-corrected chi connectivity index (χ1v) is 11.0. The van der Waals surface area contributed by atoms with Gasteiger partial charge in [0.05, 0.1) is 0 Å². The van der Waals surface area contributed by atoms with E-state index in [9.17, 15) is 13.2 Å². The maximum Gasteiger partial charge on any atom is 0.402 e. The number of rotatable bonds is 8. The van der Waals surface area contributed by atoms with E-state index in [2.05, 4.69) is 0 Å². The third kappa shape index (κ3) is 5.25. The molecule has 34 heavy (non-hydrogen) atoms. The second-order valence-electron chi connectivity index (χ2n) is 8.22. The molecule has 2 nitrogen and oxygen atoms in total. The van der Waals surface area contributed by atoms with E-state index in [0.29, 0.717) is 24.7 Å². The van der Waals surface area contributed by atoms with E-state index in [1.54, 1.807) is 24.3 Å². The highest BCUT2D eigenvalue weighted by Gasteiger charge is 2.53. The second kappa shape index (κ2) is 10.0. The highest BCUT2D eigenvalue weighted by molar-refractivity contribution is 5.44. The van der Waals surface area contributed by atoms with Gasteiger partial charge in [0.2, 0.25) is 0 Å². The Hall–Kier alpha value is -3.73. The fourth-order valence-electron chi connectivity index (χ4n) is 3.74. The number of benzene rings is 4. The van der Waals surface area contributed by atoms with E-state index < -0.39 is 11.6 Å². The van der Waals surface area contributed by atoms with E-state index >= 15 is 0 Å². The summed E-state index contributed by atoms with van der Waals surface area (Å²) in [5.41, 5.74) is 0.0840. The Balaban J connectivity index is 1.51. The van der Waals surface area contributed by atoms with Crippen LogP contribution < -0.4 is 9.47 Å². The molecule has 4 rings (SSSR count). The summed E-state index contributed by atoms with van der Waals surface area (Å²) < 4.78 is 54.5. The number of hydrogen-bond donors (Lipinski definition) is 0. The minimum absolute atomic E-state index is 0.144. The van der Waals surface area contributed by atoms with Crippen molar-refractivity contribution in [3.63, 3.8) is 0 Å². The van der Waals surface area contributed by atoms with Crippen molar-refractivity contribution < 1.29 is 22.6 Å². The number of alkyl halides is 3. The van der Waals surface area contributed by atoms with Gasteiger partial charge in [-0.2, -0.15) is 13.2 Å². The highest BCUT2D eigenvalue weighted by atomic mass is 19.4. The molecule has 0 amide bonds. The lowest BCUT2D eigenvalue weighted by Gasteiger charge is -2.33. The maximum atomic E-state index is 14.4. The summed E-state index contributed by atoms with van der Waals surface area (Å²) in [4.78, 5) is 0. The fourth-order valence-corrected chi connectivity index (χ4v) is 3.74. The largest absolute Gasteiger partial charge is 0.489 e. The zero-order valence-corrected chi connectivity index (χ0v) is 18.8. The Morgan fingerprint density at radius 1 is 0.529 bits per heavy atom. The van der Waals surface area contributed by atoms with Crippen molar-refractivity contribution in [2.45, 2.75) is 31.7 Å². The number of halogens is 3. The van der Waals surface area contributed by atoms with Crippen LogP contribution in [0.25, 0.3) is 0 Å². The highest BCUT2D eigenvalue weighted by Crippen LogP contribution is 2.46. The van der Waals surface area contributed by atoms with E-state index in [4.69, 9.17) is 9.47 Å². The van der Waals surface area contributed by atoms with Crippen molar-refractivity contribution in [2.75, 3.05) is 0 Å². The molecule has 0 aliphatic rings. The molecule has 0 aliphatic carbocycles. The number of ether oxygens (including phenoxy) is 2. The van der Waals surface area contributed by atoms with E-state index in [1.807, 2.05) is 60.7 Å². The van der Waals surface area contributed by atoms with Gasteiger partial charge in [-0.25, -0.2) is 0 Å². The van der Waals surface area contributed by atoms with Crippen molar-refractivity contribution >= 4 is 0 Å². The lowest BCUT2D eigenvalue weighted by atomic mass is 9.75. The monoisotopic (exact) mass is 462 g/mol. The lowest BCUT2D eigenvalue weighted by Crippen LogP contribution is -2.40. The van der Waals surface area contributed by atoms with E-state index in [1.165, 1.54) is 31.2 Å². The maximum absolute atomic E-state index is 14.4. The second-order valence-corrected chi connectivity index (χ2v) is 8.22. The zero-order chi connectivity index (χ0) is 24.0. The molecular formula is C29H25F3O2. The SMILES string of the molecule is CC(c1ccc(OCc2ccccc2)cc1)(c1ccc(OCc2ccccc2)cc1)C(F)(F)F. The Morgan fingerprint density at radius 3 is 1.21 bits per heavy atom. The van der Waals surface area contributed by atoms with Crippen LogP contribution in [0.4, 0.5) is 13.2 Å². The standard InChI is InChI=1S/C29H25F3O2/c1-28(29(30,31)32,24-12-16-26(17-13-24)33-20-22-8-4-2-5-9-22)25-14-18-27(19-15-25)34-21-23-10-6-3-7-11-23/h2-19H,20-21H2,1H3. The summed E-state index contributed by atoms with van der Waals surface area (Å²) in [5.74, 6) is 1.03. The van der Waals surface area contributed by atoms with Crippen molar-refractivity contribution in [1.82, 2.24) is 0 Å². The van der Waals surface area contributed by atoms with Crippen LogP contribution in [0, 0.1) is 0 Å². The minimum atomic E-state index is -4.49. The molecule has 0 aromatic heterocycles. The third-order valence-electron chi connectivity index (χ3n) is 5.93. The molecule has 0 heterocycles.